The van der Waals surface area contributed by atoms with Gasteiger partial charge in [0.25, 0.3) is 0 Å². The number of esters is 2. The Kier molecular flexibility index (Phi) is 25.2. The van der Waals surface area contributed by atoms with Gasteiger partial charge in [0.05, 0.1) is 13.2 Å². The Morgan fingerprint density at radius 2 is 1.29 bits per heavy atom. The van der Waals surface area contributed by atoms with E-state index in [9.17, 15) is 28.6 Å². The molecule has 42 heavy (non-hydrogen) atoms. The van der Waals surface area contributed by atoms with Crippen molar-refractivity contribution >= 4 is 31.5 Å². The maximum atomic E-state index is 12.2. The number of carbonyl (C=O) groups excluding carboxylic acids is 3. The van der Waals surface area contributed by atoms with E-state index in [1.54, 1.807) is 0 Å². The number of allylic oxidation sites excluding steroid dienone is 1. The minimum atomic E-state index is -4.46. The van der Waals surface area contributed by atoms with Gasteiger partial charge < -0.3 is 25.2 Å². The van der Waals surface area contributed by atoms with Crippen molar-refractivity contribution in [2.24, 2.45) is 5.73 Å². The highest BCUT2D eigenvalue weighted by Gasteiger charge is 2.26. The molecule has 0 saturated carbocycles. The molecule has 0 aromatic rings. The summed E-state index contributed by atoms with van der Waals surface area (Å²) in [5.74, 6) is -2.96. The molecule has 0 heterocycles. The standard InChI is InChI=1S/C29H52NO11P/c1-2-3-4-5-6-7-8-9-10-11-12-13-14-17-28(34)38-23-26(24-40-42(36,37)39-22-21-30)41-29(35)18-15-16-25(31)19-20-27(32)33/h19-20,26H,2-18,21-24,30H2,1H3,(H,32,33)(H,36,37)/b20-19+/t26-/m1/s1. The molecule has 1 unspecified atom stereocenters. The first-order valence-corrected chi connectivity index (χ1v) is 16.7. The van der Waals surface area contributed by atoms with Gasteiger partial charge in [-0.25, -0.2) is 9.36 Å². The van der Waals surface area contributed by atoms with Gasteiger partial charge in [0, 0.05) is 31.9 Å². The Hall–Kier alpha value is -2.11. The molecular weight excluding hydrogens is 569 g/mol. The molecule has 244 valence electrons. The number of nitrogens with two attached hydrogens (primary N) is 1. The average molecular weight is 622 g/mol. The number of carbonyl (C=O) groups is 4. The monoisotopic (exact) mass is 621 g/mol. The Balaban J connectivity index is 4.36. The number of hydrogen-bond acceptors (Lipinski definition) is 10. The van der Waals surface area contributed by atoms with E-state index in [4.69, 9.17) is 24.8 Å². The molecule has 0 aliphatic heterocycles. The van der Waals surface area contributed by atoms with Gasteiger partial charge in [0.1, 0.15) is 6.61 Å². The Bertz CT molecular complexity index is 834. The van der Waals surface area contributed by atoms with Gasteiger partial charge in [-0.1, -0.05) is 84.0 Å². The number of phosphoric acid groups is 1. The highest BCUT2D eigenvalue weighted by atomic mass is 31.2. The van der Waals surface area contributed by atoms with Crippen molar-refractivity contribution in [3.8, 4) is 0 Å². The van der Waals surface area contributed by atoms with Crippen LogP contribution in [0.25, 0.3) is 0 Å². The second-order valence-corrected chi connectivity index (χ2v) is 11.6. The molecular formula is C29H52NO11P. The molecule has 0 aromatic heterocycles. The summed E-state index contributed by atoms with van der Waals surface area (Å²) in [5.41, 5.74) is 5.25. The maximum absolute atomic E-state index is 12.2. The van der Waals surface area contributed by atoms with E-state index in [1.807, 2.05) is 0 Å². The number of rotatable bonds is 29. The van der Waals surface area contributed by atoms with Crippen molar-refractivity contribution < 1.29 is 52.3 Å². The summed E-state index contributed by atoms with van der Waals surface area (Å²) in [7, 11) is -4.46. The highest BCUT2D eigenvalue weighted by Crippen LogP contribution is 2.43. The molecule has 2 atom stereocenters. The molecule has 0 bridgehead atoms. The van der Waals surface area contributed by atoms with Crippen molar-refractivity contribution in [1.29, 1.82) is 0 Å². The van der Waals surface area contributed by atoms with Crippen LogP contribution in [0, 0.1) is 0 Å². The largest absolute Gasteiger partial charge is 0.478 e. The summed E-state index contributed by atoms with van der Waals surface area (Å²) < 4.78 is 31.9. The molecule has 4 N–H and O–H groups in total. The lowest BCUT2D eigenvalue weighted by Gasteiger charge is -2.19. The second-order valence-electron chi connectivity index (χ2n) is 10.2. The van der Waals surface area contributed by atoms with Crippen LogP contribution >= 0.6 is 7.82 Å². The van der Waals surface area contributed by atoms with Crippen LogP contribution in [0.15, 0.2) is 12.2 Å². The summed E-state index contributed by atoms with van der Waals surface area (Å²) in [4.78, 5) is 56.2. The van der Waals surface area contributed by atoms with E-state index >= 15 is 0 Å². The Morgan fingerprint density at radius 1 is 0.738 bits per heavy atom. The summed E-state index contributed by atoms with van der Waals surface area (Å²) in [6.45, 7) is 1.03. The van der Waals surface area contributed by atoms with Crippen molar-refractivity contribution in [1.82, 2.24) is 0 Å². The maximum Gasteiger partial charge on any atom is 0.472 e. The van der Waals surface area contributed by atoms with E-state index in [1.165, 1.54) is 57.8 Å². The zero-order valence-corrected chi connectivity index (χ0v) is 26.1. The molecule has 0 saturated heterocycles. The van der Waals surface area contributed by atoms with Crippen molar-refractivity contribution in [2.45, 2.75) is 122 Å². The van der Waals surface area contributed by atoms with Gasteiger partial charge in [0.15, 0.2) is 11.9 Å². The normalized spacial score (nSPS) is 13.5. The molecule has 13 heteroatoms. The minimum Gasteiger partial charge on any atom is -0.478 e. The van der Waals surface area contributed by atoms with Gasteiger partial charge in [-0.2, -0.15) is 0 Å². The van der Waals surface area contributed by atoms with E-state index in [0.29, 0.717) is 12.5 Å². The number of unbranched alkanes of at least 4 members (excludes halogenated alkanes) is 12. The van der Waals surface area contributed by atoms with Gasteiger partial charge in [-0.3, -0.25) is 23.4 Å². The van der Waals surface area contributed by atoms with Crippen LogP contribution in [0.1, 0.15) is 116 Å². The average Bonchev–Trinajstić information content (AvgIpc) is 2.94. The van der Waals surface area contributed by atoms with Crippen LogP contribution < -0.4 is 5.73 Å². The quantitative estimate of drug-likeness (QED) is 0.0418. The van der Waals surface area contributed by atoms with Crippen molar-refractivity contribution in [3.05, 3.63) is 12.2 Å². The molecule has 0 spiro atoms. The smallest absolute Gasteiger partial charge is 0.472 e. The molecule has 0 aliphatic rings. The number of hydrogen-bond donors (Lipinski definition) is 3. The fraction of sp³-hybridized carbons (Fsp3) is 0.793. The van der Waals surface area contributed by atoms with Crippen molar-refractivity contribution in [2.75, 3.05) is 26.4 Å². The van der Waals surface area contributed by atoms with Crippen LogP contribution in [0.2, 0.25) is 0 Å². The Morgan fingerprint density at radius 3 is 1.83 bits per heavy atom. The summed E-state index contributed by atoms with van der Waals surface area (Å²) in [5, 5.41) is 8.55. The lowest BCUT2D eigenvalue weighted by molar-refractivity contribution is -0.161. The Labute approximate surface area is 250 Å². The third kappa shape index (κ3) is 26.8. The highest BCUT2D eigenvalue weighted by molar-refractivity contribution is 7.47. The van der Waals surface area contributed by atoms with Gasteiger partial charge >= 0.3 is 25.7 Å². The number of carboxylic acids is 1. The predicted molar refractivity (Wildman–Crippen MR) is 158 cm³/mol. The van der Waals surface area contributed by atoms with Crippen LogP contribution in [0.4, 0.5) is 0 Å². The van der Waals surface area contributed by atoms with Gasteiger partial charge in [-0.15, -0.1) is 0 Å². The third-order valence-corrected chi connectivity index (χ3v) is 7.21. The number of ether oxygens (including phenoxy) is 2. The van der Waals surface area contributed by atoms with Crippen molar-refractivity contribution in [3.63, 3.8) is 0 Å². The first kappa shape index (κ1) is 39.9. The molecule has 0 amide bonds. The molecule has 0 fully saturated rings. The summed E-state index contributed by atoms with van der Waals surface area (Å²) >= 11 is 0. The fourth-order valence-corrected chi connectivity index (χ4v) is 4.71. The minimum absolute atomic E-state index is 0.0104. The zero-order valence-electron chi connectivity index (χ0n) is 25.2. The number of aliphatic carboxylic acids is 1. The number of carboxylic acid groups (broad SMARTS) is 1. The van der Waals surface area contributed by atoms with Crippen LogP contribution in [0.3, 0.4) is 0 Å². The molecule has 0 aromatic carbocycles. The predicted octanol–water partition coefficient (Wildman–Crippen LogP) is 5.40. The van der Waals surface area contributed by atoms with E-state index < -0.39 is 44.2 Å². The van der Waals surface area contributed by atoms with E-state index in [-0.39, 0.29) is 45.4 Å². The first-order chi connectivity index (χ1) is 20.1. The van der Waals surface area contributed by atoms with Gasteiger partial charge in [-0.05, 0) is 18.9 Å². The third-order valence-electron chi connectivity index (χ3n) is 6.22. The second kappa shape index (κ2) is 26.5. The lowest BCUT2D eigenvalue weighted by atomic mass is 10.0. The summed E-state index contributed by atoms with van der Waals surface area (Å²) in [6, 6.07) is 0. The first-order valence-electron chi connectivity index (χ1n) is 15.2. The molecule has 0 aliphatic carbocycles. The van der Waals surface area contributed by atoms with E-state index in [0.717, 1.165) is 25.3 Å². The number of phosphoric ester groups is 1. The summed E-state index contributed by atoms with van der Waals surface area (Å²) in [6.07, 6.45) is 15.8. The molecule has 0 rings (SSSR count). The molecule has 12 nitrogen and oxygen atoms in total. The van der Waals surface area contributed by atoms with Crippen LogP contribution in [-0.2, 0) is 42.3 Å². The topological polar surface area (TPSA) is 189 Å². The SMILES string of the molecule is CCCCCCCCCCCCCCCC(=O)OC[C@H](COP(=O)(O)OCCN)OC(=O)CCCC(=O)/C=C/C(=O)O. The zero-order chi connectivity index (χ0) is 31.5. The molecule has 0 radical (unpaired) electrons. The van der Waals surface area contributed by atoms with Crippen LogP contribution in [-0.4, -0.2) is 66.2 Å². The van der Waals surface area contributed by atoms with Crippen LogP contribution in [0.5, 0.6) is 0 Å². The lowest BCUT2D eigenvalue weighted by Crippen LogP contribution is -2.29. The van der Waals surface area contributed by atoms with E-state index in [2.05, 4.69) is 11.4 Å². The number of ketones is 1. The fourth-order valence-electron chi connectivity index (χ4n) is 3.94. The van der Waals surface area contributed by atoms with Gasteiger partial charge in [0.2, 0.25) is 0 Å².